The van der Waals surface area contributed by atoms with Gasteiger partial charge in [0.05, 0.1) is 0 Å². The van der Waals surface area contributed by atoms with Crippen molar-refractivity contribution < 1.29 is 0 Å². The van der Waals surface area contributed by atoms with Crippen LogP contribution in [0.15, 0.2) is 15.7 Å². The molecule has 1 aromatic rings. The van der Waals surface area contributed by atoms with E-state index in [2.05, 4.69) is 11.9 Å². The molecule has 1 heterocycles. The third kappa shape index (κ3) is 2.81. The van der Waals surface area contributed by atoms with Gasteiger partial charge in [0.25, 0.3) is 5.56 Å². The van der Waals surface area contributed by atoms with E-state index in [0.29, 0.717) is 0 Å². The second kappa shape index (κ2) is 4.96. The number of hydrogen-bond acceptors (Lipinski definition) is 2. The third-order valence-corrected chi connectivity index (χ3v) is 2.34. The molecule has 0 fully saturated rings. The summed E-state index contributed by atoms with van der Waals surface area (Å²) < 4.78 is 1.23. The molecular formula is C11H18N2O2. The van der Waals surface area contributed by atoms with Gasteiger partial charge in [-0.05, 0) is 26.7 Å². The van der Waals surface area contributed by atoms with Crippen molar-refractivity contribution in [3.8, 4) is 0 Å². The van der Waals surface area contributed by atoms with Gasteiger partial charge in [-0.3, -0.25) is 9.36 Å². The predicted molar refractivity (Wildman–Crippen MR) is 60.3 cm³/mol. The molecule has 0 saturated heterocycles. The Labute approximate surface area is 89.0 Å². The van der Waals surface area contributed by atoms with Crippen LogP contribution in [0.5, 0.6) is 0 Å². The van der Waals surface area contributed by atoms with Crippen molar-refractivity contribution in [2.75, 3.05) is 0 Å². The molecule has 4 heteroatoms. The van der Waals surface area contributed by atoms with Gasteiger partial charge in [-0.2, -0.15) is 0 Å². The second-order valence-corrected chi connectivity index (χ2v) is 4.01. The van der Waals surface area contributed by atoms with Gasteiger partial charge >= 0.3 is 5.69 Å². The Balaban J connectivity index is 3.09. The third-order valence-electron chi connectivity index (χ3n) is 2.34. The molecule has 0 radical (unpaired) electrons. The zero-order valence-electron chi connectivity index (χ0n) is 9.54. The van der Waals surface area contributed by atoms with Crippen LogP contribution in [0.3, 0.4) is 0 Å². The minimum atomic E-state index is -0.302. The summed E-state index contributed by atoms with van der Waals surface area (Å²) in [5, 5.41) is 0. The Hall–Kier alpha value is -1.32. The SMILES string of the molecule is CCCCc1cc(=O)n(C(C)C)c(=O)[nH]1. The zero-order chi connectivity index (χ0) is 11.4. The molecule has 0 amide bonds. The van der Waals surface area contributed by atoms with Crippen molar-refractivity contribution in [3.63, 3.8) is 0 Å². The lowest BCUT2D eigenvalue weighted by atomic mass is 10.2. The van der Waals surface area contributed by atoms with Crippen LogP contribution in [0.1, 0.15) is 45.3 Å². The van der Waals surface area contributed by atoms with Gasteiger partial charge in [-0.25, -0.2) is 4.79 Å². The van der Waals surface area contributed by atoms with Crippen LogP contribution in [0.4, 0.5) is 0 Å². The molecule has 0 atom stereocenters. The van der Waals surface area contributed by atoms with Crippen LogP contribution in [0.25, 0.3) is 0 Å². The maximum atomic E-state index is 11.6. The van der Waals surface area contributed by atoms with E-state index in [1.807, 2.05) is 13.8 Å². The average Bonchev–Trinajstić information content (AvgIpc) is 2.12. The molecule has 0 bridgehead atoms. The monoisotopic (exact) mass is 210 g/mol. The van der Waals surface area contributed by atoms with Crippen LogP contribution in [0.2, 0.25) is 0 Å². The highest BCUT2D eigenvalue weighted by molar-refractivity contribution is 5.00. The normalized spacial score (nSPS) is 10.9. The second-order valence-electron chi connectivity index (χ2n) is 4.01. The van der Waals surface area contributed by atoms with E-state index in [4.69, 9.17) is 0 Å². The van der Waals surface area contributed by atoms with E-state index in [1.165, 1.54) is 10.6 Å². The number of nitrogens with zero attached hydrogens (tertiary/aromatic N) is 1. The maximum absolute atomic E-state index is 11.6. The first-order valence-electron chi connectivity index (χ1n) is 5.41. The van der Waals surface area contributed by atoms with Crippen molar-refractivity contribution >= 4 is 0 Å². The van der Waals surface area contributed by atoms with Gasteiger partial charge in [-0.15, -0.1) is 0 Å². The lowest BCUT2D eigenvalue weighted by Crippen LogP contribution is -2.36. The number of hydrogen-bond donors (Lipinski definition) is 1. The fourth-order valence-electron chi connectivity index (χ4n) is 1.54. The molecule has 1 N–H and O–H groups in total. The quantitative estimate of drug-likeness (QED) is 0.818. The fourth-order valence-corrected chi connectivity index (χ4v) is 1.54. The molecule has 4 nitrogen and oxygen atoms in total. The molecule has 1 aromatic heterocycles. The Bertz CT molecular complexity index is 398. The molecule has 0 unspecified atom stereocenters. The summed E-state index contributed by atoms with van der Waals surface area (Å²) in [7, 11) is 0. The Morgan fingerprint density at radius 1 is 1.40 bits per heavy atom. The van der Waals surface area contributed by atoms with Crippen molar-refractivity contribution in [3.05, 3.63) is 32.6 Å². The summed E-state index contributed by atoms with van der Waals surface area (Å²) in [5.41, 5.74) is 0.229. The number of aromatic amines is 1. The van der Waals surface area contributed by atoms with E-state index < -0.39 is 0 Å². The number of nitrogens with one attached hydrogen (secondary N) is 1. The van der Waals surface area contributed by atoms with Gasteiger partial charge in [-0.1, -0.05) is 13.3 Å². The summed E-state index contributed by atoms with van der Waals surface area (Å²) >= 11 is 0. The van der Waals surface area contributed by atoms with Crippen LogP contribution < -0.4 is 11.2 Å². The van der Waals surface area contributed by atoms with E-state index in [0.717, 1.165) is 25.0 Å². The highest BCUT2D eigenvalue weighted by Gasteiger charge is 2.06. The summed E-state index contributed by atoms with van der Waals surface area (Å²) in [6.07, 6.45) is 2.80. The molecule has 0 aromatic carbocycles. The van der Waals surface area contributed by atoms with E-state index in [-0.39, 0.29) is 17.3 Å². The van der Waals surface area contributed by atoms with Crippen LogP contribution in [-0.2, 0) is 6.42 Å². The van der Waals surface area contributed by atoms with E-state index in [9.17, 15) is 9.59 Å². The number of aromatic nitrogens is 2. The van der Waals surface area contributed by atoms with Gasteiger partial charge in [0.1, 0.15) is 0 Å². The number of unbranched alkanes of at least 4 members (excludes halogenated alkanes) is 1. The molecule has 0 aliphatic heterocycles. The topological polar surface area (TPSA) is 54.9 Å². The largest absolute Gasteiger partial charge is 0.328 e. The first-order chi connectivity index (χ1) is 7.06. The molecule has 15 heavy (non-hydrogen) atoms. The summed E-state index contributed by atoms with van der Waals surface area (Å²) in [5.74, 6) is 0. The van der Waals surface area contributed by atoms with Gasteiger partial charge in [0, 0.05) is 17.8 Å². The molecule has 84 valence electrons. The first-order valence-corrected chi connectivity index (χ1v) is 5.41. The van der Waals surface area contributed by atoms with Gasteiger partial charge in [0.15, 0.2) is 0 Å². The number of H-pyrrole nitrogens is 1. The lowest BCUT2D eigenvalue weighted by molar-refractivity contribution is 0.540. The van der Waals surface area contributed by atoms with Crippen LogP contribution >= 0.6 is 0 Å². The Kier molecular flexibility index (Phi) is 3.88. The van der Waals surface area contributed by atoms with Crippen molar-refractivity contribution in [2.24, 2.45) is 0 Å². The highest BCUT2D eigenvalue weighted by Crippen LogP contribution is 1.99. The van der Waals surface area contributed by atoms with Crippen molar-refractivity contribution in [1.29, 1.82) is 0 Å². The smallest absolute Gasteiger partial charge is 0.311 e. The fraction of sp³-hybridized carbons (Fsp3) is 0.636. The molecule has 0 aliphatic rings. The Morgan fingerprint density at radius 3 is 2.53 bits per heavy atom. The average molecular weight is 210 g/mol. The van der Waals surface area contributed by atoms with Gasteiger partial charge in [0.2, 0.25) is 0 Å². The lowest BCUT2D eigenvalue weighted by Gasteiger charge is -2.08. The Morgan fingerprint density at radius 2 is 2.07 bits per heavy atom. The highest BCUT2D eigenvalue weighted by atomic mass is 16.2. The summed E-state index contributed by atoms with van der Waals surface area (Å²) in [6, 6.07) is 1.43. The summed E-state index contributed by atoms with van der Waals surface area (Å²) in [4.78, 5) is 25.9. The summed E-state index contributed by atoms with van der Waals surface area (Å²) in [6.45, 7) is 5.72. The number of rotatable bonds is 4. The number of aryl methyl sites for hydroxylation is 1. The maximum Gasteiger partial charge on any atom is 0.328 e. The predicted octanol–water partition coefficient (Wildman–Crippen LogP) is 1.46. The molecule has 0 saturated carbocycles. The van der Waals surface area contributed by atoms with Crippen LogP contribution in [0, 0.1) is 0 Å². The zero-order valence-corrected chi connectivity index (χ0v) is 9.54. The van der Waals surface area contributed by atoms with Crippen LogP contribution in [-0.4, -0.2) is 9.55 Å². The standard InChI is InChI=1S/C11H18N2O2/c1-4-5-6-9-7-10(14)13(8(2)3)11(15)12-9/h7-8H,4-6H2,1-3H3,(H,12,15). The minimum Gasteiger partial charge on any atom is -0.311 e. The van der Waals surface area contributed by atoms with Crippen molar-refractivity contribution in [2.45, 2.75) is 46.1 Å². The van der Waals surface area contributed by atoms with Gasteiger partial charge < -0.3 is 4.98 Å². The van der Waals surface area contributed by atoms with Crippen molar-refractivity contribution in [1.82, 2.24) is 9.55 Å². The first kappa shape index (κ1) is 11.8. The van der Waals surface area contributed by atoms with E-state index >= 15 is 0 Å². The minimum absolute atomic E-state index is 0.0959. The molecule has 0 spiro atoms. The molecular weight excluding hydrogens is 192 g/mol. The molecule has 1 rings (SSSR count). The van der Waals surface area contributed by atoms with E-state index in [1.54, 1.807) is 0 Å². The molecule has 0 aliphatic carbocycles.